The second-order valence-corrected chi connectivity index (χ2v) is 8.78. The lowest BCUT2D eigenvalue weighted by Crippen LogP contribution is -2.46. The number of ether oxygens (including phenoxy) is 1. The van der Waals surface area contributed by atoms with Gasteiger partial charge in [0.1, 0.15) is 0 Å². The molecule has 5 nitrogen and oxygen atoms in total. The van der Waals surface area contributed by atoms with E-state index in [9.17, 15) is 9.59 Å². The van der Waals surface area contributed by atoms with Crippen LogP contribution in [-0.2, 0) is 9.53 Å². The number of unbranched alkanes of at least 4 members (excludes halogenated alkanes) is 12. The highest BCUT2D eigenvalue weighted by Gasteiger charge is 2.12. The Bertz CT molecular complexity index is 392. The van der Waals surface area contributed by atoms with Gasteiger partial charge in [-0.05, 0) is 40.5 Å². The molecular formula is C23H46N2O3. The molecule has 0 aliphatic rings. The summed E-state index contributed by atoms with van der Waals surface area (Å²) in [5.41, 5.74) is -0.172. The smallest absolute Gasteiger partial charge is 0.315 e. The number of nitrogens with one attached hydrogen (secondary N) is 2. The first-order valence-electron chi connectivity index (χ1n) is 11.6. The molecule has 0 unspecified atom stereocenters. The average Bonchev–Trinajstić information content (AvgIpc) is 2.60. The van der Waals surface area contributed by atoms with E-state index in [2.05, 4.69) is 10.6 Å². The van der Waals surface area contributed by atoms with Crippen molar-refractivity contribution in [3.8, 4) is 0 Å². The van der Waals surface area contributed by atoms with Gasteiger partial charge in [0.2, 0.25) is 0 Å². The first-order chi connectivity index (χ1) is 13.3. The zero-order valence-electron chi connectivity index (χ0n) is 19.0. The van der Waals surface area contributed by atoms with Crippen LogP contribution in [0.15, 0.2) is 0 Å². The van der Waals surface area contributed by atoms with Crippen molar-refractivity contribution in [3.05, 3.63) is 0 Å². The van der Waals surface area contributed by atoms with Crippen molar-refractivity contribution in [3.63, 3.8) is 0 Å². The van der Waals surface area contributed by atoms with Crippen molar-refractivity contribution in [2.24, 2.45) is 0 Å². The van der Waals surface area contributed by atoms with E-state index >= 15 is 0 Å². The number of urea groups is 1. The molecule has 0 fully saturated rings. The Hall–Kier alpha value is -1.26. The van der Waals surface area contributed by atoms with Gasteiger partial charge in [0.15, 0.2) is 0 Å². The third kappa shape index (κ3) is 21.0. The van der Waals surface area contributed by atoms with Gasteiger partial charge in [0.25, 0.3) is 0 Å². The average molecular weight is 399 g/mol. The van der Waals surface area contributed by atoms with Crippen LogP contribution in [0.5, 0.6) is 0 Å². The second-order valence-electron chi connectivity index (χ2n) is 8.78. The Morgan fingerprint density at radius 1 is 0.714 bits per heavy atom. The predicted octanol–water partition coefficient (Wildman–Crippen LogP) is 6.11. The molecule has 2 N–H and O–H groups in total. The van der Waals surface area contributed by atoms with E-state index in [0.29, 0.717) is 13.0 Å². The van der Waals surface area contributed by atoms with Crippen LogP contribution in [0.3, 0.4) is 0 Å². The number of amides is 2. The highest BCUT2D eigenvalue weighted by atomic mass is 16.5. The summed E-state index contributed by atoms with van der Waals surface area (Å²) in [4.78, 5) is 22.8. The number of esters is 1. The van der Waals surface area contributed by atoms with Gasteiger partial charge in [-0.15, -0.1) is 0 Å². The number of rotatable bonds is 17. The quantitative estimate of drug-likeness (QED) is 0.229. The zero-order chi connectivity index (χ0) is 21.1. The van der Waals surface area contributed by atoms with Crippen molar-refractivity contribution in [2.75, 3.05) is 13.2 Å². The summed E-state index contributed by atoms with van der Waals surface area (Å²) < 4.78 is 4.93. The van der Waals surface area contributed by atoms with Crippen LogP contribution < -0.4 is 10.6 Å². The molecule has 0 aromatic heterocycles. The molecule has 0 heterocycles. The molecule has 0 spiro atoms. The summed E-state index contributed by atoms with van der Waals surface area (Å²) >= 11 is 0. The molecule has 2 amide bonds. The molecule has 0 aliphatic heterocycles. The summed E-state index contributed by atoms with van der Waals surface area (Å²) in [7, 11) is 0. The summed E-state index contributed by atoms with van der Waals surface area (Å²) in [6.07, 6.45) is 16.7. The number of carbonyl (C=O) groups is 2. The summed E-state index contributed by atoms with van der Waals surface area (Å²) in [6, 6.07) is -0.0634. The normalized spacial score (nSPS) is 11.3. The van der Waals surface area contributed by atoms with Gasteiger partial charge in [-0.25, -0.2) is 4.79 Å². The van der Waals surface area contributed by atoms with Crippen LogP contribution in [-0.4, -0.2) is 30.7 Å². The molecule has 0 rings (SSSR count). The largest absolute Gasteiger partial charge is 0.466 e. The summed E-state index contributed by atoms with van der Waals surface area (Å²) in [6.45, 7) is 9.07. The molecule has 0 saturated heterocycles. The number of hydrogen-bond acceptors (Lipinski definition) is 3. The fourth-order valence-electron chi connectivity index (χ4n) is 3.16. The Kier molecular flexibility index (Phi) is 17.0. The summed E-state index contributed by atoms with van der Waals surface area (Å²) in [5, 5.41) is 5.83. The van der Waals surface area contributed by atoms with E-state index in [-0.39, 0.29) is 17.5 Å². The van der Waals surface area contributed by atoms with Gasteiger partial charge in [-0.2, -0.15) is 0 Å². The van der Waals surface area contributed by atoms with Gasteiger partial charge in [-0.1, -0.05) is 70.6 Å². The molecule has 0 aliphatic carbocycles. The lowest BCUT2D eigenvalue weighted by molar-refractivity contribution is -0.143. The standard InChI is InChI=1S/C23H46N2O3/c1-5-28-21(26)19-17-15-13-11-9-7-6-8-10-12-14-16-18-20-24-22(27)25-23(2,3)4/h5-20H2,1-4H3,(H2,24,25,27). The van der Waals surface area contributed by atoms with Gasteiger partial charge in [0.05, 0.1) is 6.61 Å². The van der Waals surface area contributed by atoms with Crippen LogP contribution in [0.1, 0.15) is 118 Å². The molecule has 5 heteroatoms. The van der Waals surface area contributed by atoms with Gasteiger partial charge in [-0.3, -0.25) is 4.79 Å². The maximum Gasteiger partial charge on any atom is 0.315 e. The molecule has 28 heavy (non-hydrogen) atoms. The van der Waals surface area contributed by atoms with E-state index in [1.807, 2.05) is 27.7 Å². The zero-order valence-corrected chi connectivity index (χ0v) is 19.0. The van der Waals surface area contributed by atoms with E-state index in [1.54, 1.807) is 0 Å². The number of hydrogen-bond donors (Lipinski definition) is 2. The van der Waals surface area contributed by atoms with Crippen molar-refractivity contribution >= 4 is 12.0 Å². The first-order valence-corrected chi connectivity index (χ1v) is 11.6. The number of carbonyl (C=O) groups excluding carboxylic acids is 2. The van der Waals surface area contributed by atoms with E-state index < -0.39 is 0 Å². The van der Waals surface area contributed by atoms with Gasteiger partial charge in [0, 0.05) is 18.5 Å². The Balaban J connectivity index is 3.18. The van der Waals surface area contributed by atoms with Gasteiger partial charge < -0.3 is 15.4 Å². The minimum absolute atomic E-state index is 0.0511. The van der Waals surface area contributed by atoms with Gasteiger partial charge >= 0.3 is 12.0 Å². The molecule has 0 bridgehead atoms. The summed E-state index contributed by atoms with van der Waals surface area (Å²) in [5.74, 6) is -0.0511. The van der Waals surface area contributed by atoms with Crippen molar-refractivity contribution in [2.45, 2.75) is 123 Å². The molecule has 0 aromatic rings. The topological polar surface area (TPSA) is 67.4 Å². The van der Waals surface area contributed by atoms with Crippen LogP contribution >= 0.6 is 0 Å². The maximum atomic E-state index is 11.6. The molecule has 0 radical (unpaired) electrons. The molecule has 0 aromatic carbocycles. The van der Waals surface area contributed by atoms with E-state index in [4.69, 9.17) is 4.74 Å². The Labute approximate surface area is 173 Å². The maximum absolute atomic E-state index is 11.6. The predicted molar refractivity (Wildman–Crippen MR) is 118 cm³/mol. The molecule has 0 atom stereocenters. The van der Waals surface area contributed by atoms with Crippen molar-refractivity contribution in [1.29, 1.82) is 0 Å². The van der Waals surface area contributed by atoms with Crippen LogP contribution in [0.25, 0.3) is 0 Å². The lowest BCUT2D eigenvalue weighted by atomic mass is 10.0. The SMILES string of the molecule is CCOC(=O)CCCCCCCCCCCCCCCNC(=O)NC(C)(C)C. The van der Waals surface area contributed by atoms with Crippen LogP contribution in [0.4, 0.5) is 4.79 Å². The molecule has 166 valence electrons. The highest BCUT2D eigenvalue weighted by Crippen LogP contribution is 2.13. The van der Waals surface area contributed by atoms with Crippen molar-refractivity contribution in [1.82, 2.24) is 10.6 Å². The van der Waals surface area contributed by atoms with Crippen LogP contribution in [0, 0.1) is 0 Å². The Morgan fingerprint density at radius 2 is 1.14 bits per heavy atom. The fourth-order valence-corrected chi connectivity index (χ4v) is 3.16. The highest BCUT2D eigenvalue weighted by molar-refractivity contribution is 5.74. The third-order valence-electron chi connectivity index (χ3n) is 4.64. The minimum atomic E-state index is -0.172. The molecule has 0 saturated carbocycles. The van der Waals surface area contributed by atoms with Crippen LogP contribution in [0.2, 0.25) is 0 Å². The first kappa shape index (κ1) is 26.7. The second kappa shape index (κ2) is 17.8. The van der Waals surface area contributed by atoms with Crippen molar-refractivity contribution < 1.29 is 14.3 Å². The minimum Gasteiger partial charge on any atom is -0.466 e. The Morgan fingerprint density at radius 3 is 1.57 bits per heavy atom. The monoisotopic (exact) mass is 398 g/mol. The van der Waals surface area contributed by atoms with E-state index in [0.717, 1.165) is 25.8 Å². The van der Waals surface area contributed by atoms with E-state index in [1.165, 1.54) is 64.2 Å². The lowest BCUT2D eigenvalue weighted by Gasteiger charge is -2.20. The molecular weight excluding hydrogens is 352 g/mol. The third-order valence-corrected chi connectivity index (χ3v) is 4.64. The fraction of sp³-hybridized carbons (Fsp3) is 0.913.